The van der Waals surface area contributed by atoms with E-state index in [1.54, 1.807) is 30.3 Å². The number of ether oxygens (including phenoxy) is 1. The lowest BCUT2D eigenvalue weighted by atomic mass is 10.1. The molecule has 0 aliphatic carbocycles. The Morgan fingerprint density at radius 3 is 2.31 bits per heavy atom. The Labute approximate surface area is 189 Å². The Balaban J connectivity index is 1.86. The van der Waals surface area contributed by atoms with Crippen LogP contribution in [0, 0.1) is 13.8 Å². The van der Waals surface area contributed by atoms with E-state index in [9.17, 15) is 13.2 Å². The van der Waals surface area contributed by atoms with E-state index < -0.39 is 15.9 Å². The summed E-state index contributed by atoms with van der Waals surface area (Å²) < 4.78 is 33.6. The summed E-state index contributed by atoms with van der Waals surface area (Å²) in [4.78, 5) is 13.0. The lowest BCUT2D eigenvalue weighted by Crippen LogP contribution is -2.40. The number of carbonyl (C=O) groups excluding carboxylic acids is 1. The lowest BCUT2D eigenvalue weighted by Gasteiger charge is -2.25. The van der Waals surface area contributed by atoms with Crippen LogP contribution in [0.25, 0.3) is 0 Å². The number of rotatable bonds is 9. The van der Waals surface area contributed by atoms with E-state index in [0.29, 0.717) is 18.0 Å². The van der Waals surface area contributed by atoms with Crippen molar-refractivity contribution in [3.05, 3.63) is 89.5 Å². The second-order valence-corrected chi connectivity index (χ2v) is 9.27. The van der Waals surface area contributed by atoms with Crippen LogP contribution in [0.15, 0.2) is 77.7 Å². The number of anilines is 1. The molecule has 7 heteroatoms. The molecular weight excluding hydrogens is 424 g/mol. The average molecular weight is 453 g/mol. The van der Waals surface area contributed by atoms with Crippen LogP contribution < -0.4 is 14.4 Å². The van der Waals surface area contributed by atoms with E-state index in [-0.39, 0.29) is 18.0 Å². The highest BCUT2D eigenvalue weighted by Gasteiger charge is 2.27. The fourth-order valence-electron chi connectivity index (χ4n) is 3.24. The summed E-state index contributed by atoms with van der Waals surface area (Å²) in [6.45, 7) is 6.18. The Kier molecular flexibility index (Phi) is 7.53. The van der Waals surface area contributed by atoms with Gasteiger partial charge in [-0.15, -0.1) is 0 Å². The van der Waals surface area contributed by atoms with Crippen molar-refractivity contribution in [3.63, 3.8) is 0 Å². The Morgan fingerprint density at radius 1 is 0.938 bits per heavy atom. The number of amides is 1. The van der Waals surface area contributed by atoms with E-state index in [0.717, 1.165) is 21.0 Å². The largest absolute Gasteiger partial charge is 0.494 e. The van der Waals surface area contributed by atoms with Crippen molar-refractivity contribution in [2.45, 2.75) is 32.2 Å². The van der Waals surface area contributed by atoms with Crippen LogP contribution in [0.1, 0.15) is 23.6 Å². The zero-order valence-corrected chi connectivity index (χ0v) is 19.4. The highest BCUT2D eigenvalue weighted by molar-refractivity contribution is 7.92. The Hall–Kier alpha value is -3.32. The van der Waals surface area contributed by atoms with Gasteiger partial charge in [-0.2, -0.15) is 0 Å². The monoisotopic (exact) mass is 452 g/mol. The van der Waals surface area contributed by atoms with Gasteiger partial charge < -0.3 is 10.1 Å². The molecule has 3 rings (SSSR count). The minimum atomic E-state index is -3.93. The Bertz CT molecular complexity index is 1180. The summed E-state index contributed by atoms with van der Waals surface area (Å²) in [5.74, 6) is 0.284. The van der Waals surface area contributed by atoms with Gasteiger partial charge in [-0.1, -0.05) is 42.5 Å². The molecule has 0 saturated carbocycles. The first kappa shape index (κ1) is 23.3. The molecule has 0 atom stereocenters. The molecule has 0 aliphatic rings. The molecule has 0 bridgehead atoms. The quantitative estimate of drug-likeness (QED) is 0.528. The molecule has 3 aromatic rings. The van der Waals surface area contributed by atoms with Crippen molar-refractivity contribution in [2.24, 2.45) is 0 Å². The van der Waals surface area contributed by atoms with Crippen LogP contribution in [0.5, 0.6) is 5.75 Å². The maximum absolute atomic E-state index is 13.4. The fourth-order valence-corrected chi connectivity index (χ4v) is 4.68. The molecule has 1 N–H and O–H groups in total. The van der Waals surface area contributed by atoms with E-state index >= 15 is 0 Å². The molecule has 6 nitrogen and oxygen atoms in total. The first-order chi connectivity index (χ1) is 15.3. The number of carbonyl (C=O) groups is 1. The number of nitrogens with zero attached hydrogens (tertiary/aromatic N) is 1. The number of hydrogen-bond acceptors (Lipinski definition) is 4. The van der Waals surface area contributed by atoms with Crippen molar-refractivity contribution >= 4 is 21.6 Å². The number of sulfonamides is 1. The van der Waals surface area contributed by atoms with Crippen LogP contribution >= 0.6 is 0 Å². The molecule has 32 heavy (non-hydrogen) atoms. The van der Waals surface area contributed by atoms with Gasteiger partial charge in [-0.05, 0) is 62.2 Å². The van der Waals surface area contributed by atoms with Gasteiger partial charge in [-0.3, -0.25) is 9.10 Å². The van der Waals surface area contributed by atoms with Crippen molar-refractivity contribution in [3.8, 4) is 5.75 Å². The molecule has 0 unspecified atom stereocenters. The third-order valence-electron chi connectivity index (χ3n) is 5.15. The maximum Gasteiger partial charge on any atom is 0.264 e. The first-order valence-corrected chi connectivity index (χ1v) is 11.9. The van der Waals surface area contributed by atoms with Gasteiger partial charge in [0.15, 0.2) is 0 Å². The fraction of sp³-hybridized carbons (Fsp3) is 0.240. The van der Waals surface area contributed by atoms with Crippen molar-refractivity contribution in [1.82, 2.24) is 5.32 Å². The van der Waals surface area contributed by atoms with Gasteiger partial charge in [0.25, 0.3) is 10.0 Å². The molecule has 0 spiro atoms. The van der Waals surface area contributed by atoms with E-state index in [2.05, 4.69) is 5.32 Å². The van der Waals surface area contributed by atoms with Gasteiger partial charge >= 0.3 is 0 Å². The number of aryl methyl sites for hydroxylation is 2. The SMILES string of the molecule is CCOc1ccccc1CNC(=O)CN(c1ccc(C)c(C)c1)S(=O)(=O)c1ccccc1. The predicted octanol–water partition coefficient (Wildman–Crippen LogP) is 4.21. The zero-order chi connectivity index (χ0) is 23.1. The molecule has 0 saturated heterocycles. The van der Waals surface area contributed by atoms with E-state index in [1.807, 2.05) is 51.1 Å². The van der Waals surface area contributed by atoms with Crippen LogP contribution in [-0.4, -0.2) is 27.5 Å². The van der Waals surface area contributed by atoms with E-state index in [1.165, 1.54) is 12.1 Å². The van der Waals surface area contributed by atoms with E-state index in [4.69, 9.17) is 4.74 Å². The predicted molar refractivity (Wildman–Crippen MR) is 126 cm³/mol. The second kappa shape index (κ2) is 10.3. The molecule has 1 amide bonds. The highest BCUT2D eigenvalue weighted by Crippen LogP contribution is 2.25. The first-order valence-electron chi connectivity index (χ1n) is 10.5. The minimum Gasteiger partial charge on any atom is -0.494 e. The topological polar surface area (TPSA) is 75.7 Å². The summed E-state index contributed by atoms with van der Waals surface area (Å²) in [6.07, 6.45) is 0. The van der Waals surface area contributed by atoms with Gasteiger partial charge in [0.05, 0.1) is 17.2 Å². The van der Waals surface area contributed by atoms with Crippen LogP contribution in [0.3, 0.4) is 0 Å². The number of para-hydroxylation sites is 1. The lowest BCUT2D eigenvalue weighted by molar-refractivity contribution is -0.119. The third kappa shape index (κ3) is 5.48. The number of benzene rings is 3. The highest BCUT2D eigenvalue weighted by atomic mass is 32.2. The maximum atomic E-state index is 13.4. The molecule has 168 valence electrons. The Morgan fingerprint density at radius 2 is 1.62 bits per heavy atom. The number of nitrogens with one attached hydrogen (secondary N) is 1. The summed E-state index contributed by atoms with van der Waals surface area (Å²) >= 11 is 0. The number of hydrogen-bond donors (Lipinski definition) is 1. The molecule has 0 fully saturated rings. The average Bonchev–Trinajstić information content (AvgIpc) is 2.79. The normalized spacial score (nSPS) is 11.1. The molecule has 0 heterocycles. The van der Waals surface area contributed by atoms with Crippen molar-refractivity contribution < 1.29 is 17.9 Å². The van der Waals surface area contributed by atoms with Crippen LogP contribution in [-0.2, 0) is 21.4 Å². The summed E-state index contributed by atoms with van der Waals surface area (Å²) in [5, 5.41) is 2.82. The second-order valence-electron chi connectivity index (χ2n) is 7.41. The molecule has 0 radical (unpaired) electrons. The molecule has 0 aromatic heterocycles. The summed E-state index contributed by atoms with van der Waals surface area (Å²) in [7, 11) is -3.93. The van der Waals surface area contributed by atoms with Crippen LogP contribution in [0.4, 0.5) is 5.69 Å². The van der Waals surface area contributed by atoms with Gasteiger partial charge in [0.1, 0.15) is 12.3 Å². The standard InChI is InChI=1S/C25H28N2O4S/c1-4-31-24-13-9-8-10-21(24)17-26-25(28)18-27(22-15-14-19(2)20(3)16-22)32(29,30)23-11-6-5-7-12-23/h5-16H,4,17-18H2,1-3H3,(H,26,28). The molecule has 0 aliphatic heterocycles. The van der Waals surface area contributed by atoms with Crippen molar-refractivity contribution in [2.75, 3.05) is 17.5 Å². The third-order valence-corrected chi connectivity index (χ3v) is 6.93. The van der Waals surface area contributed by atoms with Gasteiger partial charge in [0, 0.05) is 12.1 Å². The smallest absolute Gasteiger partial charge is 0.264 e. The van der Waals surface area contributed by atoms with Crippen LogP contribution in [0.2, 0.25) is 0 Å². The molecule has 3 aromatic carbocycles. The minimum absolute atomic E-state index is 0.132. The molecular formula is C25H28N2O4S. The summed E-state index contributed by atoms with van der Waals surface area (Å²) in [5.41, 5.74) is 3.26. The van der Waals surface area contributed by atoms with Gasteiger partial charge in [-0.25, -0.2) is 8.42 Å². The summed E-state index contributed by atoms with van der Waals surface area (Å²) in [6, 6.07) is 20.9. The van der Waals surface area contributed by atoms with Gasteiger partial charge in [0.2, 0.25) is 5.91 Å². The zero-order valence-electron chi connectivity index (χ0n) is 18.5. The van der Waals surface area contributed by atoms with Crippen molar-refractivity contribution in [1.29, 1.82) is 0 Å².